The molecule has 0 bridgehead atoms. The van der Waals surface area contributed by atoms with Gasteiger partial charge in [0.25, 0.3) is 0 Å². The lowest BCUT2D eigenvalue weighted by molar-refractivity contribution is 0.0665. The van der Waals surface area contributed by atoms with Gasteiger partial charge in [0.05, 0.1) is 20.3 Å². The third kappa shape index (κ3) is 4.99. The Balaban J connectivity index is 1.73. The van der Waals surface area contributed by atoms with Crippen molar-refractivity contribution in [3.63, 3.8) is 0 Å². The Morgan fingerprint density at radius 2 is 1.19 bits per heavy atom. The molecule has 0 aliphatic heterocycles. The Labute approximate surface area is 156 Å². The predicted octanol–water partition coefficient (Wildman–Crippen LogP) is 4.01. The maximum atomic E-state index is 9.86. The first kappa shape index (κ1) is 18.7. The van der Waals surface area contributed by atoms with Crippen LogP contribution in [0.1, 0.15) is 36.8 Å². The molecule has 140 valence electrons. The van der Waals surface area contributed by atoms with Gasteiger partial charge in [-0.15, -0.1) is 0 Å². The molecule has 1 aliphatic rings. The average Bonchev–Trinajstić information content (AvgIpc) is 2.69. The second kappa shape index (κ2) is 9.06. The van der Waals surface area contributed by atoms with Crippen LogP contribution < -0.4 is 9.47 Å². The normalized spacial score (nSPS) is 20.2. The number of aliphatic hydroxyl groups is 1. The van der Waals surface area contributed by atoms with Crippen molar-refractivity contribution in [1.82, 2.24) is 4.90 Å². The number of hydrogen-bond acceptors (Lipinski definition) is 4. The lowest BCUT2D eigenvalue weighted by atomic mass is 9.91. The summed E-state index contributed by atoms with van der Waals surface area (Å²) in [5.74, 6) is 1.77. The fourth-order valence-corrected chi connectivity index (χ4v) is 3.67. The molecule has 0 atom stereocenters. The molecule has 26 heavy (non-hydrogen) atoms. The van der Waals surface area contributed by atoms with E-state index in [1.165, 1.54) is 11.1 Å². The highest BCUT2D eigenvalue weighted by molar-refractivity contribution is 5.28. The van der Waals surface area contributed by atoms with Gasteiger partial charge in [-0.25, -0.2) is 0 Å². The van der Waals surface area contributed by atoms with Crippen molar-refractivity contribution in [2.24, 2.45) is 0 Å². The zero-order chi connectivity index (χ0) is 18.4. The molecule has 0 spiro atoms. The van der Waals surface area contributed by atoms with Crippen LogP contribution >= 0.6 is 0 Å². The third-order valence-electron chi connectivity index (χ3n) is 5.27. The predicted molar refractivity (Wildman–Crippen MR) is 103 cm³/mol. The van der Waals surface area contributed by atoms with Crippen LogP contribution in [0.2, 0.25) is 0 Å². The number of rotatable bonds is 7. The van der Waals surface area contributed by atoms with Gasteiger partial charge < -0.3 is 14.6 Å². The fourth-order valence-electron chi connectivity index (χ4n) is 3.67. The highest BCUT2D eigenvalue weighted by atomic mass is 16.5. The van der Waals surface area contributed by atoms with Crippen molar-refractivity contribution in [2.45, 2.75) is 50.9 Å². The van der Waals surface area contributed by atoms with Gasteiger partial charge in [0.1, 0.15) is 11.5 Å². The third-order valence-corrected chi connectivity index (χ3v) is 5.27. The number of benzene rings is 2. The second-order valence-corrected chi connectivity index (χ2v) is 7.06. The van der Waals surface area contributed by atoms with Crippen molar-refractivity contribution >= 4 is 0 Å². The van der Waals surface area contributed by atoms with E-state index in [-0.39, 0.29) is 6.10 Å². The zero-order valence-corrected chi connectivity index (χ0v) is 15.7. The number of hydrogen-bond donors (Lipinski definition) is 1. The first-order valence-corrected chi connectivity index (χ1v) is 9.36. The van der Waals surface area contributed by atoms with Gasteiger partial charge >= 0.3 is 0 Å². The summed E-state index contributed by atoms with van der Waals surface area (Å²) < 4.78 is 10.5. The van der Waals surface area contributed by atoms with Crippen molar-refractivity contribution < 1.29 is 14.6 Å². The van der Waals surface area contributed by atoms with Crippen molar-refractivity contribution in [1.29, 1.82) is 0 Å². The van der Waals surface area contributed by atoms with Crippen LogP contribution in [0.5, 0.6) is 11.5 Å². The Morgan fingerprint density at radius 3 is 1.58 bits per heavy atom. The highest BCUT2D eigenvalue weighted by Crippen LogP contribution is 2.27. The van der Waals surface area contributed by atoms with E-state index in [1.54, 1.807) is 14.2 Å². The van der Waals surface area contributed by atoms with E-state index in [9.17, 15) is 5.11 Å². The van der Waals surface area contributed by atoms with Gasteiger partial charge in [-0.1, -0.05) is 24.3 Å². The molecule has 0 saturated heterocycles. The molecule has 1 saturated carbocycles. The van der Waals surface area contributed by atoms with Crippen molar-refractivity contribution in [3.8, 4) is 11.5 Å². The molecule has 2 aromatic rings. The summed E-state index contributed by atoms with van der Waals surface area (Å²) >= 11 is 0. The summed E-state index contributed by atoms with van der Waals surface area (Å²) in [6, 6.07) is 17.1. The fraction of sp³-hybridized carbons (Fsp3) is 0.455. The van der Waals surface area contributed by atoms with Crippen LogP contribution in [-0.4, -0.2) is 36.4 Å². The molecule has 1 N–H and O–H groups in total. The second-order valence-electron chi connectivity index (χ2n) is 7.06. The molecular formula is C22H29NO3. The average molecular weight is 355 g/mol. The topological polar surface area (TPSA) is 41.9 Å². The lowest BCUT2D eigenvalue weighted by Crippen LogP contribution is -2.38. The Bertz CT molecular complexity index is 611. The summed E-state index contributed by atoms with van der Waals surface area (Å²) in [4.78, 5) is 2.54. The molecule has 1 fully saturated rings. The van der Waals surface area contributed by atoms with E-state index in [1.807, 2.05) is 24.3 Å². The summed E-state index contributed by atoms with van der Waals surface area (Å²) in [7, 11) is 3.39. The molecule has 0 aromatic heterocycles. The quantitative estimate of drug-likeness (QED) is 0.815. The highest BCUT2D eigenvalue weighted by Gasteiger charge is 2.25. The Kier molecular flexibility index (Phi) is 6.53. The minimum Gasteiger partial charge on any atom is -0.497 e. The van der Waals surface area contributed by atoms with Crippen LogP contribution in [0.3, 0.4) is 0 Å². The Hall–Kier alpha value is -2.04. The van der Waals surface area contributed by atoms with Gasteiger partial charge in [0.2, 0.25) is 0 Å². The van der Waals surface area contributed by atoms with Crippen LogP contribution in [-0.2, 0) is 13.1 Å². The van der Waals surface area contributed by atoms with E-state index in [4.69, 9.17) is 9.47 Å². The van der Waals surface area contributed by atoms with Gasteiger partial charge in [-0.3, -0.25) is 4.90 Å². The number of ether oxygens (including phenoxy) is 2. The van der Waals surface area contributed by atoms with Crippen LogP contribution in [0.15, 0.2) is 48.5 Å². The summed E-state index contributed by atoms with van der Waals surface area (Å²) in [5.41, 5.74) is 2.57. The minimum atomic E-state index is -0.130. The van der Waals surface area contributed by atoms with Crippen molar-refractivity contribution in [2.75, 3.05) is 14.2 Å². The minimum absolute atomic E-state index is 0.130. The molecule has 0 radical (unpaired) electrons. The first-order valence-electron chi connectivity index (χ1n) is 9.36. The first-order chi connectivity index (χ1) is 12.7. The van der Waals surface area contributed by atoms with E-state index in [0.29, 0.717) is 6.04 Å². The van der Waals surface area contributed by atoms with Gasteiger partial charge in [0.15, 0.2) is 0 Å². The van der Waals surface area contributed by atoms with Gasteiger partial charge in [-0.05, 0) is 61.1 Å². The molecule has 2 aromatic carbocycles. The summed E-state index contributed by atoms with van der Waals surface area (Å²) in [5, 5.41) is 9.86. The molecular weight excluding hydrogens is 326 g/mol. The van der Waals surface area contributed by atoms with Crippen LogP contribution in [0, 0.1) is 0 Å². The van der Waals surface area contributed by atoms with E-state index >= 15 is 0 Å². The molecule has 4 heteroatoms. The Morgan fingerprint density at radius 1 is 0.769 bits per heavy atom. The molecule has 0 heterocycles. The standard InChI is InChI=1S/C22H29NO3/c1-25-21-11-3-17(4-12-21)15-23(19-7-9-20(24)10-8-19)16-18-5-13-22(26-2)14-6-18/h3-6,11-14,19-20,24H,7-10,15-16H2,1-2H3. The molecule has 0 unspecified atom stereocenters. The summed E-state index contributed by atoms with van der Waals surface area (Å²) in [6.45, 7) is 1.80. The maximum Gasteiger partial charge on any atom is 0.118 e. The number of methoxy groups -OCH3 is 2. The van der Waals surface area contributed by atoms with Crippen molar-refractivity contribution in [3.05, 3.63) is 59.7 Å². The van der Waals surface area contributed by atoms with E-state index in [2.05, 4.69) is 29.2 Å². The molecule has 4 nitrogen and oxygen atoms in total. The lowest BCUT2D eigenvalue weighted by Gasteiger charge is -2.36. The van der Waals surface area contributed by atoms with E-state index < -0.39 is 0 Å². The number of aliphatic hydroxyl groups excluding tert-OH is 1. The monoisotopic (exact) mass is 355 g/mol. The summed E-state index contributed by atoms with van der Waals surface area (Å²) in [6.07, 6.45) is 3.76. The maximum absolute atomic E-state index is 9.86. The van der Waals surface area contributed by atoms with Gasteiger partial charge in [0, 0.05) is 19.1 Å². The van der Waals surface area contributed by atoms with Crippen LogP contribution in [0.25, 0.3) is 0 Å². The zero-order valence-electron chi connectivity index (χ0n) is 15.7. The van der Waals surface area contributed by atoms with Crippen LogP contribution in [0.4, 0.5) is 0 Å². The molecule has 0 amide bonds. The largest absolute Gasteiger partial charge is 0.497 e. The SMILES string of the molecule is COc1ccc(CN(Cc2ccc(OC)cc2)C2CCC(O)CC2)cc1. The smallest absolute Gasteiger partial charge is 0.118 e. The van der Waals surface area contributed by atoms with Gasteiger partial charge in [-0.2, -0.15) is 0 Å². The number of nitrogens with zero attached hydrogens (tertiary/aromatic N) is 1. The molecule has 1 aliphatic carbocycles. The van der Waals surface area contributed by atoms with E-state index in [0.717, 1.165) is 50.3 Å². The molecule has 3 rings (SSSR count).